The molecule has 9 nitrogen and oxygen atoms in total. The summed E-state index contributed by atoms with van der Waals surface area (Å²) in [6.45, 7) is 35.5. The SMILES string of the molecule is CC1CC(N(CCCCCCN(c2nc(N3CCOCC3)nc(C(C)(C)C)n2)C2CC(C)(C)NC(C)(C)C2)C(C)(C)C)CC(C)(C)N1. The second kappa shape index (κ2) is 14.7. The van der Waals surface area contributed by atoms with E-state index in [0.717, 1.165) is 56.6 Å². The molecule has 3 saturated heterocycles. The van der Waals surface area contributed by atoms with Crippen molar-refractivity contribution >= 4 is 11.9 Å². The number of anilines is 2. The molecule has 270 valence electrons. The van der Waals surface area contributed by atoms with Gasteiger partial charge in [-0.15, -0.1) is 0 Å². The molecule has 1 aromatic heterocycles. The zero-order valence-corrected chi connectivity index (χ0v) is 32.7. The van der Waals surface area contributed by atoms with E-state index in [-0.39, 0.29) is 27.6 Å². The molecule has 2 unspecified atom stereocenters. The maximum Gasteiger partial charge on any atom is 0.230 e. The van der Waals surface area contributed by atoms with E-state index < -0.39 is 0 Å². The Balaban J connectivity index is 1.49. The number of hydrogen-bond donors (Lipinski definition) is 2. The van der Waals surface area contributed by atoms with Crippen molar-refractivity contribution in [1.29, 1.82) is 0 Å². The van der Waals surface area contributed by atoms with Crippen LogP contribution in [0.1, 0.15) is 147 Å². The first-order valence-corrected chi connectivity index (χ1v) is 18.8. The fourth-order valence-electron chi connectivity index (χ4n) is 8.74. The van der Waals surface area contributed by atoms with Crippen LogP contribution in [-0.2, 0) is 10.2 Å². The van der Waals surface area contributed by atoms with Crippen molar-refractivity contribution in [2.45, 2.75) is 187 Å². The van der Waals surface area contributed by atoms with Crippen molar-refractivity contribution in [2.75, 3.05) is 49.2 Å². The Kier molecular flexibility index (Phi) is 12.0. The van der Waals surface area contributed by atoms with E-state index in [0.29, 0.717) is 31.3 Å². The maximum absolute atomic E-state index is 5.67. The summed E-state index contributed by atoms with van der Waals surface area (Å²) >= 11 is 0. The van der Waals surface area contributed by atoms with Gasteiger partial charge >= 0.3 is 0 Å². The molecule has 2 N–H and O–H groups in total. The average molecular weight is 657 g/mol. The van der Waals surface area contributed by atoms with Crippen molar-refractivity contribution in [1.82, 2.24) is 30.5 Å². The topological polar surface area (TPSA) is 81.7 Å². The van der Waals surface area contributed by atoms with Crippen LogP contribution in [-0.4, -0.2) is 99.5 Å². The van der Waals surface area contributed by atoms with E-state index in [1.54, 1.807) is 0 Å². The van der Waals surface area contributed by atoms with Gasteiger partial charge in [0.05, 0.1) is 13.2 Å². The van der Waals surface area contributed by atoms with Gasteiger partial charge in [-0.1, -0.05) is 33.6 Å². The van der Waals surface area contributed by atoms with Crippen molar-refractivity contribution in [2.24, 2.45) is 0 Å². The minimum atomic E-state index is -0.169. The molecule has 0 bridgehead atoms. The van der Waals surface area contributed by atoms with E-state index >= 15 is 0 Å². The normalized spacial score (nSPS) is 25.3. The van der Waals surface area contributed by atoms with E-state index in [1.807, 2.05) is 0 Å². The van der Waals surface area contributed by atoms with Crippen LogP contribution in [0.2, 0.25) is 0 Å². The Hall–Kier alpha value is -1.55. The molecule has 3 aliphatic heterocycles. The fourth-order valence-corrected chi connectivity index (χ4v) is 8.74. The van der Waals surface area contributed by atoms with Crippen LogP contribution < -0.4 is 20.4 Å². The van der Waals surface area contributed by atoms with Crippen LogP contribution in [0.3, 0.4) is 0 Å². The van der Waals surface area contributed by atoms with Gasteiger partial charge in [-0.05, 0) is 114 Å². The minimum absolute atomic E-state index is 0.0364. The van der Waals surface area contributed by atoms with Crippen molar-refractivity contribution < 1.29 is 4.74 Å². The number of ether oxygens (including phenoxy) is 1. The number of aromatic nitrogens is 3. The highest BCUT2D eigenvalue weighted by atomic mass is 16.5. The number of unbranched alkanes of at least 4 members (excludes halogenated alkanes) is 3. The third kappa shape index (κ3) is 11.0. The van der Waals surface area contributed by atoms with Crippen LogP contribution in [0.4, 0.5) is 11.9 Å². The van der Waals surface area contributed by atoms with Crippen LogP contribution in [0.15, 0.2) is 0 Å². The quantitative estimate of drug-likeness (QED) is 0.253. The molecule has 1 aromatic rings. The van der Waals surface area contributed by atoms with Gasteiger partial charge in [0.25, 0.3) is 0 Å². The molecule has 0 aromatic carbocycles. The van der Waals surface area contributed by atoms with Crippen LogP contribution in [0.25, 0.3) is 0 Å². The number of morpholine rings is 1. The molecule has 0 saturated carbocycles. The highest BCUT2D eigenvalue weighted by Gasteiger charge is 2.41. The number of rotatable bonds is 11. The molecule has 3 aliphatic rings. The molecule has 2 atom stereocenters. The summed E-state index contributed by atoms with van der Waals surface area (Å²) < 4.78 is 5.67. The van der Waals surface area contributed by atoms with Crippen molar-refractivity contribution in [3.63, 3.8) is 0 Å². The van der Waals surface area contributed by atoms with E-state index in [4.69, 9.17) is 19.7 Å². The van der Waals surface area contributed by atoms with Gasteiger partial charge in [0, 0.05) is 65.3 Å². The van der Waals surface area contributed by atoms with Crippen LogP contribution in [0, 0.1) is 0 Å². The first-order chi connectivity index (χ1) is 21.6. The van der Waals surface area contributed by atoms with Gasteiger partial charge < -0.3 is 25.2 Å². The predicted molar refractivity (Wildman–Crippen MR) is 198 cm³/mol. The number of nitrogens with one attached hydrogen (secondary N) is 2. The van der Waals surface area contributed by atoms with Gasteiger partial charge in [-0.25, -0.2) is 0 Å². The molecule has 0 aliphatic carbocycles. The second-order valence-electron chi connectivity index (χ2n) is 19.1. The first kappa shape index (κ1) is 38.3. The predicted octanol–water partition coefficient (Wildman–Crippen LogP) is 6.70. The molecular weight excluding hydrogens is 584 g/mol. The third-order valence-electron chi connectivity index (χ3n) is 10.3. The smallest absolute Gasteiger partial charge is 0.230 e. The van der Waals surface area contributed by atoms with Gasteiger partial charge in [0.1, 0.15) is 5.82 Å². The number of piperidine rings is 2. The third-order valence-corrected chi connectivity index (χ3v) is 10.3. The monoisotopic (exact) mass is 657 g/mol. The first-order valence-electron chi connectivity index (χ1n) is 18.8. The summed E-state index contributed by atoms with van der Waals surface area (Å²) in [5, 5.41) is 7.71. The Morgan fingerprint density at radius 3 is 1.89 bits per heavy atom. The zero-order valence-electron chi connectivity index (χ0n) is 32.7. The van der Waals surface area contributed by atoms with Gasteiger partial charge in [0.2, 0.25) is 11.9 Å². The van der Waals surface area contributed by atoms with E-state index in [2.05, 4.69) is 115 Å². The summed E-state index contributed by atoms with van der Waals surface area (Å²) in [5.74, 6) is 2.53. The van der Waals surface area contributed by atoms with Crippen LogP contribution in [0.5, 0.6) is 0 Å². The maximum atomic E-state index is 5.67. The Morgan fingerprint density at radius 2 is 1.34 bits per heavy atom. The summed E-state index contributed by atoms with van der Waals surface area (Å²) in [5.41, 5.74) is 0.266. The highest BCUT2D eigenvalue weighted by Crippen LogP contribution is 2.35. The van der Waals surface area contributed by atoms with Crippen LogP contribution >= 0.6 is 0 Å². The molecule has 0 spiro atoms. The summed E-state index contributed by atoms with van der Waals surface area (Å²) in [7, 11) is 0. The fraction of sp³-hybridized carbons (Fsp3) is 0.921. The van der Waals surface area contributed by atoms with E-state index in [9.17, 15) is 0 Å². The van der Waals surface area contributed by atoms with Gasteiger partial charge in [-0.2, -0.15) is 15.0 Å². The Bertz CT molecular complexity index is 1130. The zero-order chi connectivity index (χ0) is 34.8. The van der Waals surface area contributed by atoms with Crippen molar-refractivity contribution in [3.05, 3.63) is 5.82 Å². The average Bonchev–Trinajstić information content (AvgIpc) is 2.90. The largest absolute Gasteiger partial charge is 0.378 e. The molecule has 3 fully saturated rings. The molecule has 47 heavy (non-hydrogen) atoms. The second-order valence-corrected chi connectivity index (χ2v) is 19.1. The molecular formula is C38H72N8O. The minimum Gasteiger partial charge on any atom is -0.378 e. The Morgan fingerprint density at radius 1 is 0.766 bits per heavy atom. The lowest BCUT2D eigenvalue weighted by atomic mass is 9.79. The molecule has 0 amide bonds. The molecule has 0 radical (unpaired) electrons. The standard InChI is InChI=1S/C38H72N8O/c1-28-24-29(25-36(8,9)42-28)46(35(5,6)7)19-17-15-14-16-18-45(30-26-37(10,11)43-38(12,13)27-30)33-40-31(34(2,3)4)39-32(41-33)44-20-22-47-23-21-44/h28-30,42-43H,14-27H2,1-13H3. The summed E-state index contributed by atoms with van der Waals surface area (Å²) in [6.07, 6.45) is 9.41. The summed E-state index contributed by atoms with van der Waals surface area (Å²) in [4.78, 5) is 23.1. The van der Waals surface area contributed by atoms with Crippen molar-refractivity contribution in [3.8, 4) is 0 Å². The Labute approximate surface area is 288 Å². The molecule has 4 heterocycles. The molecule has 9 heteroatoms. The van der Waals surface area contributed by atoms with Gasteiger partial charge in [-0.3, -0.25) is 4.90 Å². The molecule has 4 rings (SSSR count). The van der Waals surface area contributed by atoms with Gasteiger partial charge in [0.15, 0.2) is 0 Å². The lowest BCUT2D eigenvalue weighted by Crippen LogP contribution is -2.62. The summed E-state index contributed by atoms with van der Waals surface area (Å²) in [6, 6.07) is 1.54. The number of nitrogens with zero attached hydrogens (tertiary/aromatic N) is 6. The number of hydrogen-bond acceptors (Lipinski definition) is 9. The lowest BCUT2D eigenvalue weighted by molar-refractivity contribution is 0.0298. The lowest BCUT2D eigenvalue weighted by Gasteiger charge is -2.50. The highest BCUT2D eigenvalue weighted by molar-refractivity contribution is 5.42. The van der Waals surface area contributed by atoms with E-state index in [1.165, 1.54) is 38.6 Å².